The van der Waals surface area contributed by atoms with Crippen LogP contribution in [0, 0.1) is 0 Å². The van der Waals surface area contributed by atoms with Gasteiger partial charge in [0.1, 0.15) is 6.04 Å². The third-order valence-corrected chi connectivity index (χ3v) is 3.40. The fraction of sp³-hybridized carbons (Fsp3) is 0.500. The lowest BCUT2D eigenvalue weighted by Crippen LogP contribution is -2.40. The molecule has 1 atom stereocenters. The Morgan fingerprint density at radius 2 is 1.86 bits per heavy atom. The Bertz CT molecular complexity index is 457. The van der Waals surface area contributed by atoms with E-state index in [1.54, 1.807) is 12.1 Å². The van der Waals surface area contributed by atoms with Crippen molar-refractivity contribution < 1.29 is 14.7 Å². The maximum absolute atomic E-state index is 12.1. The summed E-state index contributed by atoms with van der Waals surface area (Å²) in [5, 5.41) is 14.8. The van der Waals surface area contributed by atoms with Crippen molar-refractivity contribution in [2.24, 2.45) is 0 Å². The number of carboxylic acid groups (broad SMARTS) is 1. The van der Waals surface area contributed by atoms with Crippen molar-refractivity contribution in [2.45, 2.75) is 38.6 Å². The number of aryl methyl sites for hydroxylation is 1. The summed E-state index contributed by atoms with van der Waals surface area (Å²) in [6.07, 6.45) is 3.00. The molecular weight excluding hydrogens is 268 g/mol. The standard InChI is InChI=1S/C16H24N2O3/c1-3-12-7-9-13(10-8-12)15(19)18-14(16(20)21)6-4-5-11-17-2/h7-10,14,17H,3-6,11H2,1-2H3,(H,18,19)(H,20,21). The van der Waals surface area contributed by atoms with E-state index in [1.807, 2.05) is 26.1 Å². The van der Waals surface area contributed by atoms with Gasteiger partial charge in [-0.15, -0.1) is 0 Å². The van der Waals surface area contributed by atoms with Crippen LogP contribution in [0.1, 0.15) is 42.1 Å². The first-order valence-electron chi connectivity index (χ1n) is 7.35. The normalized spacial score (nSPS) is 11.9. The van der Waals surface area contributed by atoms with Gasteiger partial charge in [-0.2, -0.15) is 0 Å². The lowest BCUT2D eigenvalue weighted by molar-refractivity contribution is -0.139. The highest BCUT2D eigenvalue weighted by Crippen LogP contribution is 2.07. The third-order valence-electron chi connectivity index (χ3n) is 3.40. The Kier molecular flexibility index (Phi) is 7.46. The van der Waals surface area contributed by atoms with Crippen LogP contribution in [-0.4, -0.2) is 36.6 Å². The smallest absolute Gasteiger partial charge is 0.326 e. The van der Waals surface area contributed by atoms with Crippen molar-refractivity contribution in [1.82, 2.24) is 10.6 Å². The molecule has 0 radical (unpaired) electrons. The second kappa shape index (κ2) is 9.13. The number of hydrogen-bond donors (Lipinski definition) is 3. The van der Waals surface area contributed by atoms with Crippen molar-refractivity contribution in [3.05, 3.63) is 35.4 Å². The lowest BCUT2D eigenvalue weighted by atomic mass is 10.1. The Labute approximate surface area is 125 Å². The highest BCUT2D eigenvalue weighted by molar-refractivity contribution is 5.96. The Morgan fingerprint density at radius 1 is 1.19 bits per heavy atom. The molecule has 0 aromatic heterocycles. The first-order valence-corrected chi connectivity index (χ1v) is 7.35. The zero-order valence-corrected chi connectivity index (χ0v) is 12.7. The summed E-state index contributed by atoms with van der Waals surface area (Å²) >= 11 is 0. The van der Waals surface area contributed by atoms with Crippen molar-refractivity contribution in [1.29, 1.82) is 0 Å². The molecule has 1 rings (SSSR count). The zero-order chi connectivity index (χ0) is 15.7. The number of nitrogens with one attached hydrogen (secondary N) is 2. The number of unbranched alkanes of at least 4 members (excludes halogenated alkanes) is 1. The molecule has 3 N–H and O–H groups in total. The predicted molar refractivity (Wildman–Crippen MR) is 82.5 cm³/mol. The van der Waals surface area contributed by atoms with E-state index in [1.165, 1.54) is 0 Å². The molecule has 21 heavy (non-hydrogen) atoms. The fourth-order valence-corrected chi connectivity index (χ4v) is 2.04. The molecule has 0 fully saturated rings. The molecule has 0 bridgehead atoms. The van der Waals surface area contributed by atoms with Crippen LogP contribution in [-0.2, 0) is 11.2 Å². The van der Waals surface area contributed by atoms with Crippen LogP contribution in [0.25, 0.3) is 0 Å². The SMILES string of the molecule is CCc1ccc(C(=O)NC(CCCCNC)C(=O)O)cc1. The summed E-state index contributed by atoms with van der Waals surface area (Å²) in [4.78, 5) is 23.3. The van der Waals surface area contributed by atoms with Crippen LogP contribution >= 0.6 is 0 Å². The molecule has 5 nitrogen and oxygen atoms in total. The predicted octanol–water partition coefficient (Wildman–Crippen LogP) is 1.82. The molecule has 1 amide bonds. The number of rotatable bonds is 9. The van der Waals surface area contributed by atoms with E-state index in [0.29, 0.717) is 12.0 Å². The second-order valence-electron chi connectivity index (χ2n) is 5.01. The zero-order valence-electron chi connectivity index (χ0n) is 12.7. The van der Waals surface area contributed by atoms with Crippen LogP contribution in [0.2, 0.25) is 0 Å². The molecule has 1 aromatic rings. The van der Waals surface area contributed by atoms with E-state index in [9.17, 15) is 14.7 Å². The number of carbonyl (C=O) groups is 2. The van der Waals surface area contributed by atoms with Gasteiger partial charge in [-0.1, -0.05) is 19.1 Å². The Hall–Kier alpha value is -1.88. The van der Waals surface area contributed by atoms with Gasteiger partial charge in [0.2, 0.25) is 0 Å². The number of amides is 1. The summed E-state index contributed by atoms with van der Waals surface area (Å²) in [5.74, 6) is -1.32. The van der Waals surface area contributed by atoms with Gasteiger partial charge in [0.25, 0.3) is 5.91 Å². The van der Waals surface area contributed by atoms with Crippen molar-refractivity contribution in [2.75, 3.05) is 13.6 Å². The van der Waals surface area contributed by atoms with Gasteiger partial charge < -0.3 is 15.7 Å². The van der Waals surface area contributed by atoms with Gasteiger partial charge in [0, 0.05) is 5.56 Å². The molecule has 0 aliphatic heterocycles. The monoisotopic (exact) mass is 292 g/mol. The van der Waals surface area contributed by atoms with Crippen molar-refractivity contribution in [3.63, 3.8) is 0 Å². The lowest BCUT2D eigenvalue weighted by Gasteiger charge is -2.14. The summed E-state index contributed by atoms with van der Waals surface area (Å²) in [7, 11) is 1.86. The van der Waals surface area contributed by atoms with Gasteiger partial charge >= 0.3 is 5.97 Å². The topological polar surface area (TPSA) is 78.4 Å². The number of benzene rings is 1. The molecule has 0 aliphatic rings. The first-order chi connectivity index (χ1) is 10.1. The molecule has 1 unspecified atom stereocenters. The molecule has 0 spiro atoms. The minimum absolute atomic E-state index is 0.335. The van der Waals surface area contributed by atoms with E-state index in [0.717, 1.165) is 31.4 Å². The van der Waals surface area contributed by atoms with Crippen LogP contribution in [0.15, 0.2) is 24.3 Å². The molecule has 0 aliphatic carbocycles. The second-order valence-corrected chi connectivity index (χ2v) is 5.01. The molecular formula is C16H24N2O3. The number of carboxylic acids is 1. The summed E-state index contributed by atoms with van der Waals surface area (Å²) in [6, 6.07) is 6.40. The van der Waals surface area contributed by atoms with E-state index >= 15 is 0 Å². The molecule has 116 valence electrons. The third kappa shape index (κ3) is 5.95. The fourth-order valence-electron chi connectivity index (χ4n) is 2.04. The van der Waals surface area contributed by atoms with Crippen LogP contribution in [0.3, 0.4) is 0 Å². The van der Waals surface area contributed by atoms with Gasteiger partial charge in [-0.05, 0) is 57.0 Å². The van der Waals surface area contributed by atoms with E-state index < -0.39 is 12.0 Å². The van der Waals surface area contributed by atoms with E-state index in [4.69, 9.17) is 0 Å². The van der Waals surface area contributed by atoms with Crippen LogP contribution < -0.4 is 10.6 Å². The quantitative estimate of drug-likeness (QED) is 0.607. The number of carbonyl (C=O) groups excluding carboxylic acids is 1. The van der Waals surface area contributed by atoms with Gasteiger partial charge in [-0.3, -0.25) is 4.79 Å². The van der Waals surface area contributed by atoms with Crippen molar-refractivity contribution >= 4 is 11.9 Å². The van der Waals surface area contributed by atoms with E-state index in [2.05, 4.69) is 10.6 Å². The average Bonchev–Trinajstić information content (AvgIpc) is 2.50. The molecule has 0 heterocycles. The highest BCUT2D eigenvalue weighted by atomic mass is 16.4. The maximum atomic E-state index is 12.1. The minimum Gasteiger partial charge on any atom is -0.480 e. The summed E-state index contributed by atoms with van der Waals surface area (Å²) in [6.45, 7) is 2.89. The van der Waals surface area contributed by atoms with Crippen molar-refractivity contribution in [3.8, 4) is 0 Å². The number of hydrogen-bond acceptors (Lipinski definition) is 3. The highest BCUT2D eigenvalue weighted by Gasteiger charge is 2.20. The molecule has 0 saturated heterocycles. The summed E-state index contributed by atoms with van der Waals surface area (Å²) in [5.41, 5.74) is 1.64. The molecule has 5 heteroatoms. The Morgan fingerprint density at radius 3 is 2.38 bits per heavy atom. The maximum Gasteiger partial charge on any atom is 0.326 e. The molecule has 1 aromatic carbocycles. The largest absolute Gasteiger partial charge is 0.480 e. The van der Waals surface area contributed by atoms with Crippen LogP contribution in [0.5, 0.6) is 0 Å². The number of aliphatic carboxylic acids is 1. The van der Waals surface area contributed by atoms with Crippen LogP contribution in [0.4, 0.5) is 0 Å². The van der Waals surface area contributed by atoms with Gasteiger partial charge in [-0.25, -0.2) is 4.79 Å². The van der Waals surface area contributed by atoms with Gasteiger partial charge in [0.05, 0.1) is 0 Å². The van der Waals surface area contributed by atoms with Gasteiger partial charge in [0.15, 0.2) is 0 Å². The molecule has 0 saturated carbocycles. The van der Waals surface area contributed by atoms with E-state index in [-0.39, 0.29) is 5.91 Å². The first kappa shape index (κ1) is 17.2. The minimum atomic E-state index is -0.988. The Balaban J connectivity index is 2.56. The summed E-state index contributed by atoms with van der Waals surface area (Å²) < 4.78 is 0. The average molecular weight is 292 g/mol.